The topological polar surface area (TPSA) is 80.2 Å². The van der Waals surface area contributed by atoms with Crippen LogP contribution in [0.2, 0.25) is 0 Å². The summed E-state index contributed by atoms with van der Waals surface area (Å²) < 4.78 is 29.7. The summed E-state index contributed by atoms with van der Waals surface area (Å²) in [6.07, 6.45) is 5.25. The molecular formula is C21H18ClF2N5O2. The van der Waals surface area contributed by atoms with E-state index in [0.29, 0.717) is 16.9 Å². The lowest BCUT2D eigenvalue weighted by atomic mass is 10.1. The van der Waals surface area contributed by atoms with Gasteiger partial charge in [-0.2, -0.15) is 10.2 Å². The van der Waals surface area contributed by atoms with Crippen LogP contribution in [0.3, 0.4) is 0 Å². The van der Waals surface area contributed by atoms with E-state index < -0.39 is 11.5 Å². The molecule has 1 N–H and O–H groups in total. The summed E-state index contributed by atoms with van der Waals surface area (Å²) in [4.78, 5) is 19.5. The number of hydrogen-bond acceptors (Lipinski definition) is 6. The van der Waals surface area contributed by atoms with Gasteiger partial charge in [0, 0.05) is 48.3 Å². The second-order valence-corrected chi connectivity index (χ2v) is 7.36. The van der Waals surface area contributed by atoms with Gasteiger partial charge in [0.2, 0.25) is 0 Å². The lowest BCUT2D eigenvalue weighted by Gasteiger charge is -2.20. The first kappa shape index (κ1) is 20.9. The molecule has 0 unspecified atom stereocenters. The van der Waals surface area contributed by atoms with Crippen LogP contribution >= 0.6 is 11.6 Å². The van der Waals surface area contributed by atoms with E-state index in [1.807, 2.05) is 6.07 Å². The Morgan fingerprint density at radius 2 is 1.90 bits per heavy atom. The predicted octanol–water partition coefficient (Wildman–Crippen LogP) is 4.56. The summed E-state index contributed by atoms with van der Waals surface area (Å²) in [7, 11) is 0. The Balaban J connectivity index is 1.57. The van der Waals surface area contributed by atoms with Crippen molar-refractivity contribution in [3.05, 3.63) is 60.4 Å². The Kier molecular flexibility index (Phi) is 5.94. The number of alkyl halides is 3. The minimum absolute atomic E-state index is 0.125. The maximum Gasteiger partial charge on any atom is 0.487 e. The van der Waals surface area contributed by atoms with Gasteiger partial charge < -0.3 is 15.0 Å². The molecule has 7 nitrogen and oxygen atoms in total. The van der Waals surface area contributed by atoms with Crippen LogP contribution in [0.4, 0.5) is 20.3 Å². The van der Waals surface area contributed by atoms with E-state index in [1.54, 1.807) is 18.3 Å². The Morgan fingerprint density at radius 3 is 2.55 bits per heavy atom. The molecule has 1 aliphatic rings. The van der Waals surface area contributed by atoms with Crippen molar-refractivity contribution in [2.45, 2.75) is 18.4 Å². The molecule has 1 aromatic carbocycles. The predicted molar refractivity (Wildman–Crippen MR) is 113 cm³/mol. The van der Waals surface area contributed by atoms with E-state index in [2.05, 4.69) is 30.1 Å². The molecule has 10 heteroatoms. The van der Waals surface area contributed by atoms with Gasteiger partial charge in [-0.05, 0) is 55.3 Å². The molecule has 2 aromatic heterocycles. The van der Waals surface area contributed by atoms with Gasteiger partial charge in [0.25, 0.3) is 5.91 Å². The van der Waals surface area contributed by atoms with Crippen LogP contribution in [-0.2, 0) is 0 Å². The van der Waals surface area contributed by atoms with Gasteiger partial charge in [-0.3, -0.25) is 4.79 Å². The first-order chi connectivity index (χ1) is 14.9. The Labute approximate surface area is 182 Å². The van der Waals surface area contributed by atoms with Crippen molar-refractivity contribution in [2.75, 3.05) is 23.3 Å². The number of aromatic nitrogens is 3. The van der Waals surface area contributed by atoms with E-state index >= 15 is 0 Å². The van der Waals surface area contributed by atoms with Crippen LogP contribution in [0.25, 0.3) is 11.3 Å². The highest BCUT2D eigenvalue weighted by atomic mass is 35.5. The average molecular weight is 446 g/mol. The van der Waals surface area contributed by atoms with Gasteiger partial charge in [0.05, 0.1) is 11.3 Å². The number of halogens is 3. The van der Waals surface area contributed by atoms with Crippen molar-refractivity contribution in [3.8, 4) is 17.0 Å². The summed E-state index contributed by atoms with van der Waals surface area (Å²) in [6, 6.07) is 10.8. The quantitative estimate of drug-likeness (QED) is 0.560. The van der Waals surface area contributed by atoms with E-state index in [-0.39, 0.29) is 5.75 Å². The van der Waals surface area contributed by atoms with Crippen molar-refractivity contribution >= 4 is 29.0 Å². The number of anilines is 2. The maximum absolute atomic E-state index is 12.8. The number of carbonyl (C=O) groups excluding carboxylic acids is 1. The first-order valence-corrected chi connectivity index (χ1v) is 9.97. The molecule has 1 fully saturated rings. The number of pyridine rings is 1. The van der Waals surface area contributed by atoms with Crippen LogP contribution in [-0.4, -0.2) is 39.7 Å². The molecule has 3 aromatic rings. The van der Waals surface area contributed by atoms with Crippen molar-refractivity contribution < 1.29 is 18.3 Å². The molecule has 0 spiro atoms. The Bertz CT molecular complexity index is 1060. The van der Waals surface area contributed by atoms with Gasteiger partial charge in [0.15, 0.2) is 0 Å². The summed E-state index contributed by atoms with van der Waals surface area (Å²) in [5, 5.41) is 10.8. The molecule has 31 heavy (non-hydrogen) atoms. The second-order valence-electron chi connectivity index (χ2n) is 6.92. The molecule has 0 bridgehead atoms. The van der Waals surface area contributed by atoms with Gasteiger partial charge >= 0.3 is 5.57 Å². The molecule has 0 aliphatic carbocycles. The Morgan fingerprint density at radius 1 is 1.16 bits per heavy atom. The van der Waals surface area contributed by atoms with Crippen LogP contribution in [0.15, 0.2) is 54.9 Å². The molecular weight excluding hydrogens is 428 g/mol. The number of rotatable bonds is 6. The minimum Gasteiger partial charge on any atom is -0.420 e. The Hall–Kier alpha value is -3.33. The van der Waals surface area contributed by atoms with Crippen molar-refractivity contribution in [1.82, 2.24) is 15.2 Å². The van der Waals surface area contributed by atoms with Gasteiger partial charge in [-0.15, -0.1) is 8.78 Å². The number of nitrogens with zero attached hydrogens (tertiary/aromatic N) is 4. The fourth-order valence-electron chi connectivity index (χ4n) is 3.34. The molecule has 0 atom stereocenters. The highest BCUT2D eigenvalue weighted by Gasteiger charge is 2.27. The molecule has 1 amide bonds. The highest BCUT2D eigenvalue weighted by Crippen LogP contribution is 2.31. The summed E-state index contributed by atoms with van der Waals surface area (Å²) in [6.45, 7) is 1.78. The lowest BCUT2D eigenvalue weighted by Crippen LogP contribution is -2.21. The third-order valence-electron chi connectivity index (χ3n) is 4.73. The number of carbonyl (C=O) groups is 1. The molecule has 0 radical (unpaired) electrons. The fraction of sp³-hybridized carbons (Fsp3) is 0.238. The van der Waals surface area contributed by atoms with Gasteiger partial charge in [0.1, 0.15) is 11.6 Å². The van der Waals surface area contributed by atoms with Crippen LogP contribution in [0.1, 0.15) is 23.2 Å². The third kappa shape index (κ3) is 5.24. The number of hydrogen-bond donors (Lipinski definition) is 1. The monoisotopic (exact) mass is 445 g/mol. The van der Waals surface area contributed by atoms with Crippen LogP contribution in [0, 0.1) is 0 Å². The number of ether oxygens (including phenoxy) is 1. The van der Waals surface area contributed by atoms with Crippen molar-refractivity contribution in [1.29, 1.82) is 0 Å². The molecule has 160 valence electrons. The smallest absolute Gasteiger partial charge is 0.420 e. The van der Waals surface area contributed by atoms with Crippen LogP contribution in [0.5, 0.6) is 5.75 Å². The van der Waals surface area contributed by atoms with Gasteiger partial charge in [-0.1, -0.05) is 0 Å². The second kappa shape index (κ2) is 8.81. The van der Waals surface area contributed by atoms with Crippen molar-refractivity contribution in [3.63, 3.8) is 0 Å². The molecule has 0 saturated carbocycles. The van der Waals surface area contributed by atoms with E-state index in [0.717, 1.165) is 37.3 Å². The first-order valence-electron chi connectivity index (χ1n) is 9.59. The molecule has 1 aliphatic heterocycles. The van der Waals surface area contributed by atoms with E-state index in [4.69, 9.17) is 11.6 Å². The van der Waals surface area contributed by atoms with Gasteiger partial charge in [-0.25, -0.2) is 4.98 Å². The standard InChI is InChI=1S/C21H18ClF2N5O2/c22-21(23,24)31-16-7-5-15(6-8-16)27-20(30)14-12-17(18-4-3-9-26-28-18)19(25-13-14)29-10-1-2-11-29/h3-9,12-13H,1-2,10-11H2,(H,27,30). The SMILES string of the molecule is O=C(Nc1ccc(OC(F)(F)Cl)cc1)c1cnc(N2CCCC2)c(-c2cccnn2)c1. The summed E-state index contributed by atoms with van der Waals surface area (Å²) in [5.74, 6) is 0.236. The lowest BCUT2D eigenvalue weighted by molar-refractivity contribution is -0.0964. The summed E-state index contributed by atoms with van der Waals surface area (Å²) in [5.41, 5.74) is -1.73. The highest BCUT2D eigenvalue weighted by molar-refractivity contribution is 6.20. The fourth-order valence-corrected chi connectivity index (χ4v) is 3.43. The minimum atomic E-state index is -3.80. The normalized spacial score (nSPS) is 13.8. The number of amides is 1. The van der Waals surface area contributed by atoms with E-state index in [9.17, 15) is 13.6 Å². The molecule has 3 heterocycles. The summed E-state index contributed by atoms with van der Waals surface area (Å²) >= 11 is 4.75. The van der Waals surface area contributed by atoms with Crippen molar-refractivity contribution in [2.24, 2.45) is 0 Å². The zero-order valence-electron chi connectivity index (χ0n) is 16.3. The zero-order valence-corrected chi connectivity index (χ0v) is 17.0. The largest absolute Gasteiger partial charge is 0.487 e. The average Bonchev–Trinajstić information content (AvgIpc) is 3.29. The van der Waals surface area contributed by atoms with E-state index in [1.165, 1.54) is 30.5 Å². The molecule has 1 saturated heterocycles. The zero-order chi connectivity index (χ0) is 21.8. The number of benzene rings is 1. The number of nitrogens with one attached hydrogen (secondary N) is 1. The third-order valence-corrected chi connectivity index (χ3v) is 4.81. The molecule has 4 rings (SSSR count). The maximum atomic E-state index is 12.8. The van der Waals surface area contributed by atoms with Crippen LogP contribution < -0.4 is 15.0 Å².